The third-order valence-corrected chi connectivity index (χ3v) is 4.50. The van der Waals surface area contributed by atoms with E-state index in [2.05, 4.69) is 18.9 Å². The molecule has 0 saturated carbocycles. The van der Waals surface area contributed by atoms with Crippen molar-refractivity contribution < 1.29 is 19.1 Å². The Balaban J connectivity index is 2.18. The minimum atomic E-state index is -1.04. The van der Waals surface area contributed by atoms with Crippen molar-refractivity contribution in [1.29, 1.82) is 0 Å². The van der Waals surface area contributed by atoms with Gasteiger partial charge in [0, 0.05) is 12.7 Å². The van der Waals surface area contributed by atoms with Crippen LogP contribution in [0.1, 0.15) is 70.7 Å². The summed E-state index contributed by atoms with van der Waals surface area (Å²) in [4.78, 5) is 25.3. The summed E-state index contributed by atoms with van der Waals surface area (Å²) in [6, 6.07) is 1.74. The number of carbonyl (C=O) groups is 2. The van der Waals surface area contributed by atoms with Gasteiger partial charge in [-0.2, -0.15) is 5.10 Å². The summed E-state index contributed by atoms with van der Waals surface area (Å²) in [6.07, 6.45) is 3.50. The Morgan fingerprint density at radius 2 is 1.92 bits per heavy atom. The first-order chi connectivity index (χ1) is 11.8. The van der Waals surface area contributed by atoms with Crippen LogP contribution in [0.15, 0.2) is 16.7 Å². The maximum Gasteiger partial charge on any atom is 0.339 e. The topological polar surface area (TPSA) is 88.6 Å². The smallest absolute Gasteiger partial charge is 0.339 e. The van der Waals surface area contributed by atoms with Crippen LogP contribution in [0, 0.1) is 13.8 Å². The van der Waals surface area contributed by atoms with Crippen molar-refractivity contribution in [3.8, 4) is 0 Å². The van der Waals surface area contributed by atoms with E-state index in [4.69, 9.17) is 9.52 Å². The Hall–Kier alpha value is -2.57. The first-order valence-corrected chi connectivity index (χ1v) is 8.42. The molecule has 1 N–H and O–H groups in total. The number of aromatic carboxylic acids is 1. The fourth-order valence-corrected chi connectivity index (χ4v) is 2.98. The number of nitrogens with zero attached hydrogens (tertiary/aromatic N) is 3. The molecular weight excluding hydrogens is 322 g/mol. The molecule has 0 bridgehead atoms. The molecule has 2 aromatic heterocycles. The number of hydrogen-bond acceptors (Lipinski definition) is 4. The summed E-state index contributed by atoms with van der Waals surface area (Å²) in [6.45, 7) is 7.89. The molecular formula is C18H25N3O4. The minimum Gasteiger partial charge on any atom is -0.478 e. The van der Waals surface area contributed by atoms with Crippen LogP contribution in [-0.2, 0) is 6.54 Å². The molecule has 0 atom stereocenters. The highest BCUT2D eigenvalue weighted by molar-refractivity contribution is 5.95. The normalized spacial score (nSPS) is 11.1. The average molecular weight is 347 g/mol. The molecule has 136 valence electrons. The molecule has 2 rings (SSSR count). The number of rotatable bonds is 7. The number of carboxylic acid groups (broad SMARTS) is 1. The Labute approximate surface area is 147 Å². The van der Waals surface area contributed by atoms with E-state index in [0.717, 1.165) is 18.5 Å². The van der Waals surface area contributed by atoms with Crippen molar-refractivity contribution >= 4 is 11.9 Å². The fraction of sp³-hybridized carbons (Fsp3) is 0.500. The molecule has 0 fully saturated rings. The van der Waals surface area contributed by atoms with Crippen molar-refractivity contribution in [3.05, 3.63) is 40.6 Å². The second kappa shape index (κ2) is 7.55. The predicted octanol–water partition coefficient (Wildman–Crippen LogP) is 3.42. The third kappa shape index (κ3) is 3.75. The molecule has 0 aliphatic rings. The number of aryl methyl sites for hydroxylation is 1. The lowest BCUT2D eigenvalue weighted by molar-refractivity contribution is 0.0694. The molecule has 0 saturated heterocycles. The lowest BCUT2D eigenvalue weighted by Gasteiger charge is -2.17. The van der Waals surface area contributed by atoms with Gasteiger partial charge in [0.15, 0.2) is 0 Å². The van der Waals surface area contributed by atoms with E-state index in [-0.39, 0.29) is 24.1 Å². The lowest BCUT2D eigenvalue weighted by Crippen LogP contribution is -2.26. The summed E-state index contributed by atoms with van der Waals surface area (Å²) in [7, 11) is 1.66. The molecule has 0 spiro atoms. The number of carbonyl (C=O) groups excluding carboxylic acids is 1. The second-order valence-corrected chi connectivity index (χ2v) is 6.21. The summed E-state index contributed by atoms with van der Waals surface area (Å²) >= 11 is 0. The van der Waals surface area contributed by atoms with Gasteiger partial charge in [-0.1, -0.05) is 13.8 Å². The molecule has 25 heavy (non-hydrogen) atoms. The third-order valence-electron chi connectivity index (χ3n) is 4.50. The summed E-state index contributed by atoms with van der Waals surface area (Å²) in [5, 5.41) is 13.5. The van der Waals surface area contributed by atoms with Crippen LogP contribution in [0.5, 0.6) is 0 Å². The number of furan rings is 1. The highest BCUT2D eigenvalue weighted by Gasteiger charge is 2.22. The van der Waals surface area contributed by atoms with Crippen molar-refractivity contribution in [1.82, 2.24) is 14.7 Å². The molecule has 0 aliphatic heterocycles. The van der Waals surface area contributed by atoms with Crippen molar-refractivity contribution in [3.63, 3.8) is 0 Å². The SMILES string of the molecule is CCC(CC)n1ncc(C(=O)N(C)Cc2cc(C(=O)O)c(C)o2)c1C. The summed E-state index contributed by atoms with van der Waals surface area (Å²) in [5.41, 5.74) is 1.51. The number of hydrogen-bond donors (Lipinski definition) is 1. The number of aromatic nitrogens is 2. The lowest BCUT2D eigenvalue weighted by atomic mass is 10.1. The molecule has 1 amide bonds. The van der Waals surface area contributed by atoms with E-state index < -0.39 is 5.97 Å². The van der Waals surface area contributed by atoms with Gasteiger partial charge in [-0.25, -0.2) is 4.79 Å². The van der Waals surface area contributed by atoms with Gasteiger partial charge >= 0.3 is 5.97 Å². The molecule has 0 unspecified atom stereocenters. The van der Waals surface area contributed by atoms with E-state index in [9.17, 15) is 9.59 Å². The molecule has 2 aromatic rings. The van der Waals surface area contributed by atoms with Gasteiger partial charge in [-0.05, 0) is 32.8 Å². The van der Waals surface area contributed by atoms with Gasteiger partial charge in [0.1, 0.15) is 17.1 Å². The fourth-order valence-electron chi connectivity index (χ4n) is 2.98. The highest BCUT2D eigenvalue weighted by Crippen LogP contribution is 2.21. The van der Waals surface area contributed by atoms with Gasteiger partial charge in [-0.15, -0.1) is 0 Å². The first kappa shape index (κ1) is 18.8. The zero-order chi connectivity index (χ0) is 18.7. The molecule has 0 aliphatic carbocycles. The van der Waals surface area contributed by atoms with Crippen molar-refractivity contribution in [2.24, 2.45) is 0 Å². The second-order valence-electron chi connectivity index (χ2n) is 6.21. The van der Waals surface area contributed by atoms with E-state index in [0.29, 0.717) is 17.1 Å². The largest absolute Gasteiger partial charge is 0.478 e. The average Bonchev–Trinajstić information content (AvgIpc) is 3.11. The standard InChI is InChI=1S/C18H25N3O4/c1-6-13(7-2)21-11(3)16(9-19-21)17(22)20(5)10-14-8-15(18(23)24)12(4)25-14/h8-9,13H,6-7,10H2,1-5H3,(H,23,24). The number of carboxylic acids is 1. The highest BCUT2D eigenvalue weighted by atomic mass is 16.4. The summed E-state index contributed by atoms with van der Waals surface area (Å²) < 4.78 is 7.35. The van der Waals surface area contributed by atoms with Crippen molar-refractivity contribution in [2.75, 3.05) is 7.05 Å². The van der Waals surface area contributed by atoms with Gasteiger partial charge in [0.2, 0.25) is 0 Å². The Kier molecular flexibility index (Phi) is 5.66. The quantitative estimate of drug-likeness (QED) is 0.829. The molecule has 0 radical (unpaired) electrons. The Morgan fingerprint density at radius 1 is 1.28 bits per heavy atom. The maximum atomic E-state index is 12.7. The Bertz CT molecular complexity index is 771. The minimum absolute atomic E-state index is 0.119. The molecule has 0 aromatic carbocycles. The van der Waals surface area contributed by atoms with Gasteiger partial charge in [-0.3, -0.25) is 9.48 Å². The van der Waals surface area contributed by atoms with Crippen LogP contribution in [0.25, 0.3) is 0 Å². The van der Waals surface area contributed by atoms with Crippen LogP contribution >= 0.6 is 0 Å². The molecule has 7 nitrogen and oxygen atoms in total. The number of amides is 1. The van der Waals surface area contributed by atoms with E-state index >= 15 is 0 Å². The zero-order valence-corrected chi connectivity index (χ0v) is 15.4. The van der Waals surface area contributed by atoms with Gasteiger partial charge < -0.3 is 14.4 Å². The van der Waals surface area contributed by atoms with Crippen LogP contribution in [0.2, 0.25) is 0 Å². The van der Waals surface area contributed by atoms with E-state index in [1.807, 2.05) is 11.6 Å². The summed E-state index contributed by atoms with van der Waals surface area (Å²) in [5.74, 6) is -0.429. The molecule has 2 heterocycles. The zero-order valence-electron chi connectivity index (χ0n) is 15.4. The van der Waals surface area contributed by atoms with Gasteiger partial charge in [0.05, 0.1) is 24.3 Å². The Morgan fingerprint density at radius 3 is 2.44 bits per heavy atom. The molecule has 7 heteroatoms. The van der Waals surface area contributed by atoms with Crippen LogP contribution in [0.4, 0.5) is 0 Å². The van der Waals surface area contributed by atoms with Crippen LogP contribution in [0.3, 0.4) is 0 Å². The predicted molar refractivity (Wildman–Crippen MR) is 92.8 cm³/mol. The van der Waals surface area contributed by atoms with E-state index in [1.165, 1.54) is 11.0 Å². The van der Waals surface area contributed by atoms with Crippen LogP contribution in [-0.4, -0.2) is 38.7 Å². The van der Waals surface area contributed by atoms with Gasteiger partial charge in [0.25, 0.3) is 5.91 Å². The van der Waals surface area contributed by atoms with Crippen LogP contribution < -0.4 is 0 Å². The van der Waals surface area contributed by atoms with Crippen molar-refractivity contribution in [2.45, 2.75) is 53.1 Å². The van der Waals surface area contributed by atoms with E-state index in [1.54, 1.807) is 20.2 Å². The first-order valence-electron chi connectivity index (χ1n) is 8.42. The monoisotopic (exact) mass is 347 g/mol. The maximum absolute atomic E-state index is 12.7.